The number of ether oxygens (including phenoxy) is 4. The van der Waals surface area contributed by atoms with Gasteiger partial charge in [0.05, 0.1) is 26.4 Å². The fourth-order valence-electron chi connectivity index (χ4n) is 3.50. The summed E-state index contributed by atoms with van der Waals surface area (Å²) in [6, 6.07) is 13.1. The van der Waals surface area contributed by atoms with Gasteiger partial charge in [-0.1, -0.05) is 6.07 Å². The van der Waals surface area contributed by atoms with Crippen LogP contribution in [0.1, 0.15) is 22.0 Å². The minimum absolute atomic E-state index is 0.0283. The highest BCUT2D eigenvalue weighted by Gasteiger charge is 2.25. The number of hydrogen-bond donors (Lipinski definition) is 1. The molecule has 2 heterocycles. The molecular formula is C21H24N2O5. The van der Waals surface area contributed by atoms with E-state index in [4.69, 9.17) is 18.9 Å². The van der Waals surface area contributed by atoms with Gasteiger partial charge >= 0.3 is 0 Å². The number of fused-ring (bicyclic) bond motifs is 1. The molecule has 0 aliphatic carbocycles. The van der Waals surface area contributed by atoms with Crippen LogP contribution >= 0.6 is 0 Å². The lowest BCUT2D eigenvalue weighted by atomic mass is 10.0. The van der Waals surface area contributed by atoms with Crippen LogP contribution in [0.2, 0.25) is 0 Å². The van der Waals surface area contributed by atoms with Gasteiger partial charge in [0.1, 0.15) is 5.75 Å². The Hall–Kier alpha value is -2.77. The summed E-state index contributed by atoms with van der Waals surface area (Å²) in [4.78, 5) is 14.9. The number of carbonyl (C=O) groups excluding carboxylic acids is 1. The number of amides is 1. The molecule has 1 atom stereocenters. The van der Waals surface area contributed by atoms with Crippen LogP contribution in [0.4, 0.5) is 0 Å². The van der Waals surface area contributed by atoms with Crippen molar-refractivity contribution in [1.29, 1.82) is 0 Å². The number of nitrogens with one attached hydrogen (secondary N) is 1. The van der Waals surface area contributed by atoms with Crippen LogP contribution in [-0.2, 0) is 4.74 Å². The summed E-state index contributed by atoms with van der Waals surface area (Å²) in [5.41, 5.74) is 1.69. The van der Waals surface area contributed by atoms with Crippen LogP contribution in [0, 0.1) is 0 Å². The molecule has 7 nitrogen and oxygen atoms in total. The smallest absolute Gasteiger partial charge is 0.251 e. The topological polar surface area (TPSA) is 69.3 Å². The highest BCUT2D eigenvalue weighted by molar-refractivity contribution is 5.94. The zero-order chi connectivity index (χ0) is 19.3. The number of benzene rings is 2. The third-order valence-electron chi connectivity index (χ3n) is 5.08. The molecule has 0 aromatic heterocycles. The molecule has 0 radical (unpaired) electrons. The van der Waals surface area contributed by atoms with Crippen molar-refractivity contribution in [3.05, 3.63) is 53.6 Å². The number of carbonyl (C=O) groups is 1. The first-order valence-corrected chi connectivity index (χ1v) is 9.38. The van der Waals surface area contributed by atoms with Gasteiger partial charge < -0.3 is 24.3 Å². The Morgan fingerprint density at radius 2 is 1.86 bits per heavy atom. The van der Waals surface area contributed by atoms with Gasteiger partial charge in [-0.25, -0.2) is 0 Å². The molecular weight excluding hydrogens is 360 g/mol. The lowest BCUT2D eigenvalue weighted by Crippen LogP contribution is -2.43. The van der Waals surface area contributed by atoms with Crippen LogP contribution in [0.3, 0.4) is 0 Å². The van der Waals surface area contributed by atoms with E-state index in [2.05, 4.69) is 10.2 Å². The van der Waals surface area contributed by atoms with E-state index in [9.17, 15) is 4.79 Å². The second-order valence-electron chi connectivity index (χ2n) is 6.72. The van der Waals surface area contributed by atoms with Crippen molar-refractivity contribution in [3.63, 3.8) is 0 Å². The summed E-state index contributed by atoms with van der Waals surface area (Å²) >= 11 is 0. The molecule has 2 aromatic carbocycles. The predicted molar refractivity (Wildman–Crippen MR) is 103 cm³/mol. The molecule has 2 aliphatic rings. The SMILES string of the molecule is COc1ccc(C(=O)NCC(c2ccc3c(c2)OCO3)N2CCOCC2)cc1. The van der Waals surface area contributed by atoms with Crippen molar-refractivity contribution in [2.75, 3.05) is 46.8 Å². The molecule has 148 valence electrons. The Morgan fingerprint density at radius 3 is 2.61 bits per heavy atom. The summed E-state index contributed by atoms with van der Waals surface area (Å²) in [7, 11) is 1.60. The second kappa shape index (κ2) is 8.50. The Balaban J connectivity index is 1.49. The largest absolute Gasteiger partial charge is 0.497 e. The van der Waals surface area contributed by atoms with Crippen LogP contribution < -0.4 is 19.5 Å². The minimum atomic E-state index is -0.110. The third kappa shape index (κ3) is 4.05. The molecule has 2 aliphatic heterocycles. The van der Waals surface area contributed by atoms with Crippen molar-refractivity contribution in [2.45, 2.75) is 6.04 Å². The van der Waals surface area contributed by atoms with Gasteiger partial charge in [0.15, 0.2) is 11.5 Å². The van der Waals surface area contributed by atoms with Gasteiger partial charge in [0.25, 0.3) is 5.91 Å². The van der Waals surface area contributed by atoms with Crippen molar-refractivity contribution in [2.24, 2.45) is 0 Å². The van der Waals surface area contributed by atoms with E-state index in [1.54, 1.807) is 31.4 Å². The zero-order valence-electron chi connectivity index (χ0n) is 15.8. The molecule has 1 unspecified atom stereocenters. The van der Waals surface area contributed by atoms with Gasteiger partial charge in [0, 0.05) is 25.2 Å². The summed E-state index contributed by atoms with van der Waals surface area (Å²) in [6.07, 6.45) is 0. The molecule has 0 spiro atoms. The van der Waals surface area contributed by atoms with E-state index in [0.29, 0.717) is 25.3 Å². The second-order valence-corrected chi connectivity index (χ2v) is 6.72. The summed E-state index contributed by atoms with van der Waals surface area (Å²) in [5, 5.41) is 3.07. The zero-order valence-corrected chi connectivity index (χ0v) is 15.8. The average molecular weight is 384 g/mol. The van der Waals surface area contributed by atoms with Gasteiger partial charge in [-0.15, -0.1) is 0 Å². The molecule has 0 saturated carbocycles. The van der Waals surface area contributed by atoms with Gasteiger partial charge in [-0.05, 0) is 42.0 Å². The van der Waals surface area contributed by atoms with Crippen molar-refractivity contribution in [3.8, 4) is 17.2 Å². The van der Waals surface area contributed by atoms with Crippen LogP contribution in [0.5, 0.6) is 17.2 Å². The van der Waals surface area contributed by atoms with E-state index >= 15 is 0 Å². The molecule has 0 bridgehead atoms. The maximum Gasteiger partial charge on any atom is 0.251 e. The molecule has 1 amide bonds. The maximum absolute atomic E-state index is 12.6. The first-order chi connectivity index (χ1) is 13.7. The maximum atomic E-state index is 12.6. The normalized spacial score (nSPS) is 17.2. The molecule has 1 fully saturated rings. The Labute approximate surface area is 164 Å². The molecule has 4 rings (SSSR count). The van der Waals surface area contributed by atoms with E-state index in [1.165, 1.54) is 0 Å². The van der Waals surface area contributed by atoms with E-state index in [1.807, 2.05) is 18.2 Å². The predicted octanol–water partition coefficient (Wildman–Crippen LogP) is 2.23. The van der Waals surface area contributed by atoms with E-state index < -0.39 is 0 Å². The number of morpholine rings is 1. The summed E-state index contributed by atoms with van der Waals surface area (Å²) in [6.45, 7) is 3.75. The third-order valence-corrected chi connectivity index (χ3v) is 5.08. The fourth-order valence-corrected chi connectivity index (χ4v) is 3.50. The highest BCUT2D eigenvalue weighted by Crippen LogP contribution is 2.35. The first-order valence-electron chi connectivity index (χ1n) is 9.38. The van der Waals surface area contributed by atoms with Gasteiger partial charge in [-0.2, -0.15) is 0 Å². The number of hydrogen-bond acceptors (Lipinski definition) is 6. The van der Waals surface area contributed by atoms with Crippen LogP contribution in [0.15, 0.2) is 42.5 Å². The minimum Gasteiger partial charge on any atom is -0.497 e. The standard InChI is InChI=1S/C21H24N2O5/c1-25-17-5-2-15(3-6-17)21(24)22-13-18(23-8-10-26-11-9-23)16-4-7-19-20(12-16)28-14-27-19/h2-7,12,18H,8-11,13-14H2,1H3,(H,22,24). The monoisotopic (exact) mass is 384 g/mol. The molecule has 28 heavy (non-hydrogen) atoms. The first kappa shape index (κ1) is 18.6. The van der Waals surface area contributed by atoms with Crippen molar-refractivity contribution < 1.29 is 23.7 Å². The van der Waals surface area contributed by atoms with Crippen LogP contribution in [-0.4, -0.2) is 57.6 Å². The summed E-state index contributed by atoms with van der Waals surface area (Å²) in [5.74, 6) is 2.12. The van der Waals surface area contributed by atoms with E-state index in [-0.39, 0.29) is 18.7 Å². The molecule has 2 aromatic rings. The van der Waals surface area contributed by atoms with Gasteiger partial charge in [-0.3, -0.25) is 9.69 Å². The Kier molecular flexibility index (Phi) is 5.64. The van der Waals surface area contributed by atoms with Crippen molar-refractivity contribution >= 4 is 5.91 Å². The number of nitrogens with zero attached hydrogens (tertiary/aromatic N) is 1. The lowest BCUT2D eigenvalue weighted by molar-refractivity contribution is 0.0162. The number of methoxy groups -OCH3 is 1. The van der Waals surface area contributed by atoms with Crippen LogP contribution in [0.25, 0.3) is 0 Å². The molecule has 1 saturated heterocycles. The molecule has 1 N–H and O–H groups in total. The molecule has 7 heteroatoms. The lowest BCUT2D eigenvalue weighted by Gasteiger charge is -2.35. The quantitative estimate of drug-likeness (QED) is 0.824. The van der Waals surface area contributed by atoms with Gasteiger partial charge in [0.2, 0.25) is 6.79 Å². The fraction of sp³-hybridized carbons (Fsp3) is 0.381. The van der Waals surface area contributed by atoms with E-state index in [0.717, 1.165) is 35.9 Å². The average Bonchev–Trinajstić information content (AvgIpc) is 3.22. The highest BCUT2D eigenvalue weighted by atomic mass is 16.7. The Morgan fingerprint density at radius 1 is 1.11 bits per heavy atom. The summed E-state index contributed by atoms with van der Waals surface area (Å²) < 4.78 is 21.6. The Bertz CT molecular complexity index is 818. The van der Waals surface area contributed by atoms with Crippen molar-refractivity contribution in [1.82, 2.24) is 10.2 Å². The number of rotatable bonds is 6.